The Bertz CT molecular complexity index is 556. The van der Waals surface area contributed by atoms with Crippen molar-refractivity contribution in [3.05, 3.63) is 16.1 Å². The molecule has 0 unspecified atom stereocenters. The summed E-state index contributed by atoms with van der Waals surface area (Å²) in [5.41, 5.74) is 1.81. The van der Waals surface area contributed by atoms with Crippen molar-refractivity contribution in [2.24, 2.45) is 11.3 Å². The van der Waals surface area contributed by atoms with Gasteiger partial charge in [-0.1, -0.05) is 13.3 Å². The van der Waals surface area contributed by atoms with Crippen LogP contribution < -0.4 is 0 Å². The molecule has 1 saturated heterocycles. The molecule has 1 N–H and O–H groups in total. The maximum absolute atomic E-state index is 12.6. The zero-order chi connectivity index (χ0) is 14.3. The highest BCUT2D eigenvalue weighted by atomic mass is 32.1. The molecule has 2 fully saturated rings. The summed E-state index contributed by atoms with van der Waals surface area (Å²) in [4.78, 5) is 30.8. The van der Waals surface area contributed by atoms with Crippen LogP contribution in [0, 0.1) is 11.3 Å². The number of aryl methyl sites for hydroxylation is 1. The molecule has 108 valence electrons. The molecule has 0 aromatic carbocycles. The Morgan fingerprint density at radius 2 is 2.40 bits per heavy atom. The maximum atomic E-state index is 12.6. The van der Waals surface area contributed by atoms with Gasteiger partial charge in [-0.05, 0) is 25.2 Å². The standard InChI is InChI=1S/C14H18N2O3S/c1-2-10-11(20-8-15-10)12(17)16-6-9-4-3-5-14(9,7-16)13(18)19/h8-9H,2-7H2,1H3,(H,18,19)/t9-,14+/m0/s1. The van der Waals surface area contributed by atoms with Crippen LogP contribution in [0.15, 0.2) is 5.51 Å². The number of aromatic nitrogens is 1. The summed E-state index contributed by atoms with van der Waals surface area (Å²) in [6, 6.07) is 0. The number of aliphatic carboxylic acids is 1. The van der Waals surface area contributed by atoms with Crippen molar-refractivity contribution in [1.29, 1.82) is 0 Å². The summed E-state index contributed by atoms with van der Waals surface area (Å²) in [7, 11) is 0. The summed E-state index contributed by atoms with van der Waals surface area (Å²) in [6.07, 6.45) is 3.30. The van der Waals surface area contributed by atoms with Crippen LogP contribution in [0.25, 0.3) is 0 Å². The Balaban J connectivity index is 1.84. The van der Waals surface area contributed by atoms with E-state index in [1.165, 1.54) is 11.3 Å². The number of amides is 1. The molecule has 3 rings (SSSR count). The lowest BCUT2D eigenvalue weighted by Crippen LogP contribution is -2.37. The SMILES string of the molecule is CCc1ncsc1C(=O)N1C[C@@H]2CCC[C@@]2(C(=O)O)C1. The molecule has 2 heterocycles. The number of hydrogen-bond acceptors (Lipinski definition) is 4. The number of nitrogens with zero attached hydrogens (tertiary/aromatic N) is 2. The van der Waals surface area contributed by atoms with Gasteiger partial charge in [0.2, 0.25) is 0 Å². The number of carboxylic acid groups (broad SMARTS) is 1. The summed E-state index contributed by atoms with van der Waals surface area (Å²) in [5.74, 6) is -0.670. The second-order valence-electron chi connectivity index (χ2n) is 5.72. The lowest BCUT2D eigenvalue weighted by atomic mass is 9.81. The molecule has 1 amide bonds. The predicted octanol–water partition coefficient (Wildman–Crippen LogP) is 2.03. The quantitative estimate of drug-likeness (QED) is 0.926. The molecule has 1 aliphatic carbocycles. The molecule has 1 saturated carbocycles. The Morgan fingerprint density at radius 3 is 3.05 bits per heavy atom. The first-order valence-corrected chi connectivity index (χ1v) is 7.91. The van der Waals surface area contributed by atoms with Crippen molar-refractivity contribution >= 4 is 23.2 Å². The van der Waals surface area contributed by atoms with E-state index in [1.807, 2.05) is 6.92 Å². The number of fused-ring (bicyclic) bond motifs is 1. The number of carboxylic acids is 1. The van der Waals surface area contributed by atoms with E-state index in [1.54, 1.807) is 10.4 Å². The Labute approximate surface area is 121 Å². The second kappa shape index (κ2) is 4.84. The zero-order valence-electron chi connectivity index (χ0n) is 11.5. The first-order chi connectivity index (χ1) is 9.58. The third-order valence-electron chi connectivity index (χ3n) is 4.75. The molecule has 20 heavy (non-hydrogen) atoms. The topological polar surface area (TPSA) is 70.5 Å². The molecule has 0 radical (unpaired) electrons. The van der Waals surface area contributed by atoms with E-state index in [4.69, 9.17) is 0 Å². The second-order valence-corrected chi connectivity index (χ2v) is 6.57. The minimum Gasteiger partial charge on any atom is -0.481 e. The van der Waals surface area contributed by atoms with Crippen molar-refractivity contribution < 1.29 is 14.7 Å². The van der Waals surface area contributed by atoms with Crippen LogP contribution in [0.4, 0.5) is 0 Å². The predicted molar refractivity (Wildman–Crippen MR) is 74.8 cm³/mol. The summed E-state index contributed by atoms with van der Waals surface area (Å²) >= 11 is 1.35. The zero-order valence-corrected chi connectivity index (χ0v) is 12.3. The lowest BCUT2D eigenvalue weighted by molar-refractivity contribution is -0.149. The van der Waals surface area contributed by atoms with E-state index < -0.39 is 11.4 Å². The van der Waals surface area contributed by atoms with E-state index in [0.717, 1.165) is 25.0 Å². The largest absolute Gasteiger partial charge is 0.481 e. The summed E-state index contributed by atoms with van der Waals surface area (Å²) < 4.78 is 0. The van der Waals surface area contributed by atoms with Gasteiger partial charge in [0.1, 0.15) is 4.88 Å². The van der Waals surface area contributed by atoms with E-state index in [-0.39, 0.29) is 11.8 Å². The fraction of sp³-hybridized carbons (Fsp3) is 0.643. The minimum atomic E-state index is -0.740. The normalized spacial score (nSPS) is 28.6. The van der Waals surface area contributed by atoms with Crippen LogP contribution in [-0.2, 0) is 11.2 Å². The molecular weight excluding hydrogens is 276 g/mol. The Morgan fingerprint density at radius 1 is 1.60 bits per heavy atom. The van der Waals surface area contributed by atoms with Crippen LogP contribution in [0.5, 0.6) is 0 Å². The molecule has 6 heteroatoms. The first-order valence-electron chi connectivity index (χ1n) is 7.03. The molecule has 1 aromatic rings. The van der Waals surface area contributed by atoms with Gasteiger partial charge in [-0.2, -0.15) is 0 Å². The van der Waals surface area contributed by atoms with Gasteiger partial charge in [-0.25, -0.2) is 4.98 Å². The number of carbonyl (C=O) groups is 2. The number of hydrogen-bond donors (Lipinski definition) is 1. The van der Waals surface area contributed by atoms with Gasteiger partial charge < -0.3 is 10.0 Å². The fourth-order valence-corrected chi connectivity index (χ4v) is 4.48. The summed E-state index contributed by atoms with van der Waals surface area (Å²) in [5, 5.41) is 9.56. The van der Waals surface area contributed by atoms with Gasteiger partial charge in [-0.3, -0.25) is 9.59 Å². The molecule has 2 atom stereocenters. The molecule has 0 bridgehead atoms. The monoisotopic (exact) mass is 294 g/mol. The first kappa shape index (κ1) is 13.5. The van der Waals surface area contributed by atoms with Crippen molar-refractivity contribution in [2.45, 2.75) is 32.6 Å². The van der Waals surface area contributed by atoms with Crippen LogP contribution in [0.2, 0.25) is 0 Å². The lowest BCUT2D eigenvalue weighted by Gasteiger charge is -2.23. The molecule has 0 spiro atoms. The van der Waals surface area contributed by atoms with Gasteiger partial charge in [0.15, 0.2) is 0 Å². The van der Waals surface area contributed by atoms with Gasteiger partial charge in [0, 0.05) is 13.1 Å². The van der Waals surface area contributed by atoms with Crippen molar-refractivity contribution in [2.75, 3.05) is 13.1 Å². The third kappa shape index (κ3) is 1.85. The molecule has 2 aliphatic rings. The highest BCUT2D eigenvalue weighted by Gasteiger charge is 2.56. The van der Waals surface area contributed by atoms with E-state index >= 15 is 0 Å². The number of likely N-dealkylation sites (tertiary alicyclic amines) is 1. The average Bonchev–Trinajstić information content (AvgIpc) is 3.10. The summed E-state index contributed by atoms with van der Waals surface area (Å²) in [6.45, 7) is 2.91. The molecular formula is C14H18N2O3S. The van der Waals surface area contributed by atoms with Crippen LogP contribution >= 0.6 is 11.3 Å². The van der Waals surface area contributed by atoms with Gasteiger partial charge in [0.05, 0.1) is 16.6 Å². The Kier molecular flexibility index (Phi) is 3.28. The van der Waals surface area contributed by atoms with Crippen LogP contribution in [0.1, 0.15) is 41.6 Å². The van der Waals surface area contributed by atoms with E-state index in [0.29, 0.717) is 24.4 Å². The van der Waals surface area contributed by atoms with Crippen molar-refractivity contribution in [3.8, 4) is 0 Å². The van der Waals surface area contributed by atoms with Crippen molar-refractivity contribution in [1.82, 2.24) is 9.88 Å². The third-order valence-corrected chi connectivity index (χ3v) is 5.61. The molecule has 5 nitrogen and oxygen atoms in total. The van der Waals surface area contributed by atoms with Crippen LogP contribution in [0.3, 0.4) is 0 Å². The minimum absolute atomic E-state index is 0.0422. The number of carbonyl (C=O) groups excluding carboxylic acids is 1. The van der Waals surface area contributed by atoms with Gasteiger partial charge in [0.25, 0.3) is 5.91 Å². The maximum Gasteiger partial charge on any atom is 0.311 e. The average molecular weight is 294 g/mol. The van der Waals surface area contributed by atoms with E-state index in [2.05, 4.69) is 4.98 Å². The molecule has 1 aromatic heterocycles. The van der Waals surface area contributed by atoms with E-state index in [9.17, 15) is 14.7 Å². The highest BCUT2D eigenvalue weighted by molar-refractivity contribution is 7.11. The van der Waals surface area contributed by atoms with Crippen LogP contribution in [-0.4, -0.2) is 40.0 Å². The highest BCUT2D eigenvalue weighted by Crippen LogP contribution is 2.49. The Hall–Kier alpha value is -1.43. The number of rotatable bonds is 3. The fourth-order valence-electron chi connectivity index (χ4n) is 3.63. The van der Waals surface area contributed by atoms with Gasteiger partial charge >= 0.3 is 5.97 Å². The smallest absolute Gasteiger partial charge is 0.311 e. The van der Waals surface area contributed by atoms with Gasteiger partial charge in [-0.15, -0.1) is 11.3 Å². The number of thiazole rings is 1. The molecule has 1 aliphatic heterocycles. The van der Waals surface area contributed by atoms with Crippen molar-refractivity contribution in [3.63, 3.8) is 0 Å².